The molecule has 1 aliphatic rings. The lowest BCUT2D eigenvalue weighted by molar-refractivity contribution is 0.238. The second-order valence-corrected chi connectivity index (χ2v) is 8.05. The van der Waals surface area contributed by atoms with Crippen molar-refractivity contribution in [1.82, 2.24) is 20.2 Å². The van der Waals surface area contributed by atoms with Crippen molar-refractivity contribution in [2.24, 2.45) is 0 Å². The maximum atomic E-state index is 13.5. The minimum Gasteiger partial charge on any atom is -0.493 e. The highest BCUT2D eigenvalue weighted by Crippen LogP contribution is 2.35. The van der Waals surface area contributed by atoms with Gasteiger partial charge in [0.05, 0.1) is 24.3 Å². The summed E-state index contributed by atoms with van der Waals surface area (Å²) < 4.78 is 25.1. The zero-order valence-electron chi connectivity index (χ0n) is 18.0. The summed E-state index contributed by atoms with van der Waals surface area (Å²) in [5, 5.41) is 7.41. The second-order valence-electron chi connectivity index (χ2n) is 7.64. The van der Waals surface area contributed by atoms with Gasteiger partial charge in [0, 0.05) is 36.8 Å². The standard InChI is InChI=1S/C23H27ClFN5O2/c1-31-21-14-20-17(13-22(21)32-11-3-9-30-8-2-6-26-7-10-30)23(28-15-27-20)29-16-4-5-19(25)18(24)12-16/h4-5,12-15,26H,2-3,6-11H2,1H3,(H,27,28,29). The molecular weight excluding hydrogens is 433 g/mol. The van der Waals surface area contributed by atoms with Gasteiger partial charge in [0.15, 0.2) is 11.5 Å². The van der Waals surface area contributed by atoms with Crippen molar-refractivity contribution >= 4 is 34.0 Å². The molecule has 0 unspecified atom stereocenters. The number of hydrogen-bond acceptors (Lipinski definition) is 7. The Kier molecular flexibility index (Phi) is 7.57. The fourth-order valence-electron chi connectivity index (χ4n) is 3.74. The van der Waals surface area contributed by atoms with E-state index in [0.717, 1.165) is 44.5 Å². The fraction of sp³-hybridized carbons (Fsp3) is 0.391. The maximum Gasteiger partial charge on any atom is 0.162 e. The molecule has 9 heteroatoms. The van der Waals surface area contributed by atoms with E-state index < -0.39 is 5.82 Å². The fourth-order valence-corrected chi connectivity index (χ4v) is 3.92. The van der Waals surface area contributed by atoms with Gasteiger partial charge in [-0.3, -0.25) is 0 Å². The first-order valence-corrected chi connectivity index (χ1v) is 11.1. The summed E-state index contributed by atoms with van der Waals surface area (Å²) in [4.78, 5) is 11.2. The van der Waals surface area contributed by atoms with E-state index in [4.69, 9.17) is 21.1 Å². The molecule has 3 aromatic rings. The van der Waals surface area contributed by atoms with Crippen molar-refractivity contribution in [2.75, 3.05) is 51.8 Å². The smallest absolute Gasteiger partial charge is 0.162 e. The zero-order chi connectivity index (χ0) is 22.3. The van der Waals surface area contributed by atoms with E-state index in [9.17, 15) is 4.39 Å². The van der Waals surface area contributed by atoms with Crippen LogP contribution in [0.25, 0.3) is 10.9 Å². The molecular formula is C23H27ClFN5O2. The maximum absolute atomic E-state index is 13.5. The molecule has 0 saturated carbocycles. The van der Waals surface area contributed by atoms with Crippen LogP contribution in [0.3, 0.4) is 0 Å². The Morgan fingerprint density at radius 3 is 2.91 bits per heavy atom. The average Bonchev–Trinajstić information content (AvgIpc) is 3.08. The molecule has 170 valence electrons. The molecule has 4 rings (SSSR count). The van der Waals surface area contributed by atoms with Crippen LogP contribution in [0.2, 0.25) is 5.02 Å². The van der Waals surface area contributed by atoms with Crippen LogP contribution in [0.15, 0.2) is 36.7 Å². The lowest BCUT2D eigenvalue weighted by Gasteiger charge is -2.19. The molecule has 7 nitrogen and oxygen atoms in total. The summed E-state index contributed by atoms with van der Waals surface area (Å²) in [6.07, 6.45) is 3.56. The molecule has 1 fully saturated rings. The van der Waals surface area contributed by atoms with Gasteiger partial charge in [-0.25, -0.2) is 14.4 Å². The van der Waals surface area contributed by atoms with Gasteiger partial charge < -0.3 is 25.0 Å². The third-order valence-electron chi connectivity index (χ3n) is 5.41. The number of rotatable bonds is 8. The van der Waals surface area contributed by atoms with Crippen molar-refractivity contribution < 1.29 is 13.9 Å². The number of nitrogens with one attached hydrogen (secondary N) is 2. The molecule has 1 aliphatic heterocycles. The van der Waals surface area contributed by atoms with Gasteiger partial charge in [-0.1, -0.05) is 11.6 Å². The Labute approximate surface area is 191 Å². The number of aromatic nitrogens is 2. The van der Waals surface area contributed by atoms with Crippen LogP contribution >= 0.6 is 11.6 Å². The van der Waals surface area contributed by atoms with Crippen LogP contribution in [0, 0.1) is 5.82 Å². The van der Waals surface area contributed by atoms with Crippen LogP contribution in [-0.2, 0) is 0 Å². The third kappa shape index (κ3) is 5.56. The minimum absolute atomic E-state index is 0.0410. The number of hydrogen-bond donors (Lipinski definition) is 2. The van der Waals surface area contributed by atoms with Gasteiger partial charge in [0.2, 0.25) is 0 Å². The van der Waals surface area contributed by atoms with E-state index in [1.54, 1.807) is 13.2 Å². The number of anilines is 2. The summed E-state index contributed by atoms with van der Waals surface area (Å²) in [6, 6.07) is 8.14. The van der Waals surface area contributed by atoms with Crippen molar-refractivity contribution in [2.45, 2.75) is 12.8 Å². The molecule has 1 aromatic heterocycles. The summed E-state index contributed by atoms with van der Waals surface area (Å²) in [5.41, 5.74) is 1.33. The molecule has 32 heavy (non-hydrogen) atoms. The number of halogens is 2. The van der Waals surface area contributed by atoms with Crippen LogP contribution in [0.4, 0.5) is 15.9 Å². The summed E-state index contributed by atoms with van der Waals surface area (Å²) >= 11 is 5.91. The molecule has 2 N–H and O–H groups in total. The lowest BCUT2D eigenvalue weighted by atomic mass is 10.2. The van der Waals surface area contributed by atoms with E-state index in [1.165, 1.54) is 24.9 Å². The first-order valence-electron chi connectivity index (χ1n) is 10.7. The Balaban J connectivity index is 1.49. The van der Waals surface area contributed by atoms with Gasteiger partial charge in [-0.05, 0) is 50.2 Å². The highest BCUT2D eigenvalue weighted by molar-refractivity contribution is 6.31. The highest BCUT2D eigenvalue weighted by atomic mass is 35.5. The minimum atomic E-state index is -0.471. The summed E-state index contributed by atoms with van der Waals surface area (Å²) in [7, 11) is 1.61. The number of benzene rings is 2. The first-order chi connectivity index (χ1) is 15.6. The predicted octanol–water partition coefficient (Wildman–Crippen LogP) is 4.24. The first kappa shape index (κ1) is 22.5. The average molecular weight is 460 g/mol. The van der Waals surface area contributed by atoms with Crippen LogP contribution < -0.4 is 20.1 Å². The van der Waals surface area contributed by atoms with E-state index >= 15 is 0 Å². The molecule has 0 atom stereocenters. The predicted molar refractivity (Wildman–Crippen MR) is 125 cm³/mol. The van der Waals surface area contributed by atoms with Gasteiger partial charge in [-0.15, -0.1) is 0 Å². The third-order valence-corrected chi connectivity index (χ3v) is 5.70. The lowest BCUT2D eigenvalue weighted by Crippen LogP contribution is -2.29. The van der Waals surface area contributed by atoms with E-state index in [0.29, 0.717) is 35.1 Å². The molecule has 2 aromatic carbocycles. The SMILES string of the molecule is COc1cc2ncnc(Nc3ccc(F)c(Cl)c3)c2cc1OCCCN1CCCNCC1. The summed E-state index contributed by atoms with van der Waals surface area (Å²) in [5.74, 6) is 1.35. The van der Waals surface area contributed by atoms with Gasteiger partial charge in [0.25, 0.3) is 0 Å². The number of methoxy groups -OCH3 is 1. The van der Waals surface area contributed by atoms with Crippen LogP contribution in [-0.4, -0.2) is 61.3 Å². The van der Waals surface area contributed by atoms with E-state index in [2.05, 4.69) is 25.5 Å². The van der Waals surface area contributed by atoms with Crippen molar-refractivity contribution in [1.29, 1.82) is 0 Å². The topological polar surface area (TPSA) is 71.5 Å². The van der Waals surface area contributed by atoms with Crippen molar-refractivity contribution in [3.05, 3.63) is 47.5 Å². The Hall–Kier alpha value is -2.68. The molecule has 0 spiro atoms. The monoisotopic (exact) mass is 459 g/mol. The van der Waals surface area contributed by atoms with Crippen molar-refractivity contribution in [3.63, 3.8) is 0 Å². The van der Waals surface area contributed by atoms with E-state index in [-0.39, 0.29) is 5.02 Å². The molecule has 0 radical (unpaired) electrons. The quantitative estimate of drug-likeness (QED) is 0.488. The molecule has 0 aliphatic carbocycles. The molecule has 0 bridgehead atoms. The zero-order valence-corrected chi connectivity index (χ0v) is 18.8. The molecule has 0 amide bonds. The second kappa shape index (κ2) is 10.8. The number of ether oxygens (including phenoxy) is 2. The van der Waals surface area contributed by atoms with Crippen LogP contribution in [0.1, 0.15) is 12.8 Å². The van der Waals surface area contributed by atoms with Gasteiger partial charge in [0.1, 0.15) is 18.0 Å². The van der Waals surface area contributed by atoms with Crippen molar-refractivity contribution in [3.8, 4) is 11.5 Å². The number of nitrogens with zero attached hydrogens (tertiary/aromatic N) is 3. The summed E-state index contributed by atoms with van der Waals surface area (Å²) in [6.45, 7) is 5.89. The molecule has 2 heterocycles. The van der Waals surface area contributed by atoms with Gasteiger partial charge in [-0.2, -0.15) is 0 Å². The van der Waals surface area contributed by atoms with Gasteiger partial charge >= 0.3 is 0 Å². The van der Waals surface area contributed by atoms with Crippen LogP contribution in [0.5, 0.6) is 11.5 Å². The number of fused-ring (bicyclic) bond motifs is 1. The Bertz CT molecular complexity index is 1060. The Morgan fingerprint density at radius 1 is 1.16 bits per heavy atom. The van der Waals surface area contributed by atoms with E-state index in [1.807, 2.05) is 12.1 Å². The largest absolute Gasteiger partial charge is 0.493 e. The molecule has 1 saturated heterocycles. The normalized spacial score (nSPS) is 14.8. The Morgan fingerprint density at radius 2 is 2.06 bits per heavy atom. The highest BCUT2D eigenvalue weighted by Gasteiger charge is 2.13.